The molecule has 0 spiro atoms. The number of piperazine rings is 1. The van der Waals surface area contributed by atoms with Crippen molar-refractivity contribution in [2.45, 2.75) is 78.8 Å². The van der Waals surface area contributed by atoms with E-state index in [9.17, 15) is 4.79 Å². The molecule has 0 radical (unpaired) electrons. The second-order valence-corrected chi connectivity index (χ2v) is 12.2. The number of fused-ring (bicyclic) bond motifs is 2. The van der Waals surface area contributed by atoms with Gasteiger partial charge in [-0.3, -0.25) is 4.79 Å². The first-order chi connectivity index (χ1) is 19.2. The van der Waals surface area contributed by atoms with Crippen LogP contribution in [0.3, 0.4) is 0 Å². The smallest absolute Gasteiger partial charge is 0.224 e. The van der Waals surface area contributed by atoms with Gasteiger partial charge in [-0.05, 0) is 82.8 Å². The van der Waals surface area contributed by atoms with Crippen molar-refractivity contribution >= 4 is 28.4 Å². The summed E-state index contributed by atoms with van der Waals surface area (Å²) >= 11 is 0. The van der Waals surface area contributed by atoms with Gasteiger partial charge in [0.05, 0.1) is 16.7 Å². The monoisotopic (exact) mass is 542 g/mol. The van der Waals surface area contributed by atoms with Crippen LogP contribution in [0.1, 0.15) is 69.6 Å². The van der Waals surface area contributed by atoms with E-state index < -0.39 is 0 Å². The fourth-order valence-electron chi connectivity index (χ4n) is 6.66. The van der Waals surface area contributed by atoms with Crippen LogP contribution < -0.4 is 4.90 Å². The average molecular weight is 543 g/mol. The van der Waals surface area contributed by atoms with Crippen LogP contribution in [0.2, 0.25) is 0 Å². The number of rotatable bonds is 6. The van der Waals surface area contributed by atoms with E-state index in [1.54, 1.807) is 6.33 Å². The van der Waals surface area contributed by atoms with Crippen molar-refractivity contribution in [1.82, 2.24) is 34.4 Å². The molecule has 0 saturated carbocycles. The Bertz CT molecular complexity index is 1550. The first-order valence-electron chi connectivity index (χ1n) is 14.8. The molecule has 1 amide bonds. The number of hydrogen-bond acceptors (Lipinski definition) is 6. The molecule has 6 heterocycles. The van der Waals surface area contributed by atoms with E-state index in [1.165, 1.54) is 24.0 Å². The fourth-order valence-corrected chi connectivity index (χ4v) is 6.66. The number of nitrogens with one attached hydrogen (secondary N) is 1. The van der Waals surface area contributed by atoms with Crippen LogP contribution >= 0.6 is 0 Å². The van der Waals surface area contributed by atoms with Gasteiger partial charge < -0.3 is 19.7 Å². The van der Waals surface area contributed by atoms with Crippen LogP contribution in [0.25, 0.3) is 27.9 Å². The quantitative estimate of drug-likeness (QED) is 0.372. The lowest BCUT2D eigenvalue weighted by Gasteiger charge is -2.45. The van der Waals surface area contributed by atoms with Gasteiger partial charge in [-0.15, -0.1) is 0 Å². The van der Waals surface area contributed by atoms with Crippen LogP contribution in [0.15, 0.2) is 24.7 Å². The Balaban J connectivity index is 1.29. The second-order valence-electron chi connectivity index (χ2n) is 12.2. The lowest BCUT2D eigenvalue weighted by atomic mass is 9.95. The molecule has 4 aromatic heterocycles. The maximum absolute atomic E-state index is 13.2. The number of amides is 1. The van der Waals surface area contributed by atoms with Crippen LogP contribution in [0.4, 0.5) is 5.82 Å². The number of aryl methyl sites for hydroxylation is 1. The molecule has 2 aliphatic heterocycles. The van der Waals surface area contributed by atoms with E-state index in [0.717, 1.165) is 72.0 Å². The first-order valence-corrected chi connectivity index (χ1v) is 14.8. The summed E-state index contributed by atoms with van der Waals surface area (Å²) in [5.74, 6) is 1.53. The molecule has 9 heteroatoms. The van der Waals surface area contributed by atoms with E-state index in [1.807, 2.05) is 4.52 Å². The Morgan fingerprint density at radius 2 is 1.85 bits per heavy atom. The Hall–Kier alpha value is -3.46. The number of H-pyrrole nitrogens is 1. The number of carbonyl (C=O) groups is 1. The normalized spacial score (nSPS) is 20.5. The Kier molecular flexibility index (Phi) is 7.02. The Morgan fingerprint density at radius 3 is 2.60 bits per heavy atom. The number of hydrogen-bond donors (Lipinski definition) is 1. The number of pyridine rings is 2. The molecular formula is C31H42N8O. The van der Waals surface area contributed by atoms with Gasteiger partial charge in [-0.2, -0.15) is 5.10 Å². The molecule has 0 bridgehead atoms. The summed E-state index contributed by atoms with van der Waals surface area (Å²) in [6, 6.07) is 4.62. The molecule has 0 unspecified atom stereocenters. The van der Waals surface area contributed by atoms with E-state index in [-0.39, 0.29) is 23.9 Å². The lowest BCUT2D eigenvalue weighted by molar-refractivity contribution is -0.134. The Labute approximate surface area is 236 Å². The third-order valence-corrected chi connectivity index (χ3v) is 9.08. The highest BCUT2D eigenvalue weighted by Gasteiger charge is 2.33. The van der Waals surface area contributed by atoms with Gasteiger partial charge in [0.1, 0.15) is 12.1 Å². The third-order valence-electron chi connectivity index (χ3n) is 9.08. The summed E-state index contributed by atoms with van der Waals surface area (Å²) < 4.78 is 1.86. The van der Waals surface area contributed by atoms with Crippen molar-refractivity contribution in [3.63, 3.8) is 0 Å². The fraction of sp³-hybridized carbons (Fsp3) is 0.548. The molecule has 40 heavy (non-hydrogen) atoms. The number of nitrogens with zero attached hydrogens (tertiary/aromatic N) is 7. The zero-order valence-electron chi connectivity index (χ0n) is 24.7. The molecule has 9 nitrogen and oxygen atoms in total. The first kappa shape index (κ1) is 26.7. The van der Waals surface area contributed by atoms with E-state index in [4.69, 9.17) is 4.98 Å². The second kappa shape index (κ2) is 10.5. The number of anilines is 1. The van der Waals surface area contributed by atoms with Crippen molar-refractivity contribution in [1.29, 1.82) is 0 Å². The largest absolute Gasteiger partial charge is 0.353 e. The van der Waals surface area contributed by atoms with Crippen molar-refractivity contribution < 1.29 is 4.79 Å². The number of likely N-dealkylation sites (tertiary alicyclic amines) is 1. The highest BCUT2D eigenvalue weighted by atomic mass is 16.2. The molecule has 2 atom stereocenters. The molecular weight excluding hydrogens is 500 g/mol. The summed E-state index contributed by atoms with van der Waals surface area (Å²) in [6.07, 6.45) is 6.82. The SMILES string of the molecule is Cc1c(-c2[nH]c3ccc(N4C[C@@H](C)N(C(=O)CCN5CCCC5)C[C@@H]4C)nc3c2C(C)C)cn2ncnc2c1C. The van der Waals surface area contributed by atoms with Gasteiger partial charge in [0.15, 0.2) is 5.65 Å². The van der Waals surface area contributed by atoms with Crippen LogP contribution in [-0.2, 0) is 4.79 Å². The minimum absolute atomic E-state index is 0.145. The van der Waals surface area contributed by atoms with Crippen molar-refractivity contribution in [3.8, 4) is 11.3 Å². The minimum atomic E-state index is 0.145. The van der Waals surface area contributed by atoms with E-state index >= 15 is 0 Å². The van der Waals surface area contributed by atoms with Crippen molar-refractivity contribution in [2.24, 2.45) is 0 Å². The van der Waals surface area contributed by atoms with E-state index in [0.29, 0.717) is 6.42 Å². The van der Waals surface area contributed by atoms with Crippen LogP contribution in [0.5, 0.6) is 0 Å². The molecule has 1 N–H and O–H groups in total. The predicted molar refractivity (Wildman–Crippen MR) is 160 cm³/mol. The van der Waals surface area contributed by atoms with Gasteiger partial charge in [0, 0.05) is 55.5 Å². The minimum Gasteiger partial charge on any atom is -0.353 e. The van der Waals surface area contributed by atoms with E-state index in [2.05, 4.69) is 89.6 Å². The lowest BCUT2D eigenvalue weighted by Crippen LogP contribution is -2.58. The van der Waals surface area contributed by atoms with Gasteiger partial charge in [-0.1, -0.05) is 13.8 Å². The van der Waals surface area contributed by atoms with Gasteiger partial charge in [0.25, 0.3) is 0 Å². The summed E-state index contributed by atoms with van der Waals surface area (Å²) in [5.41, 5.74) is 8.71. The molecule has 212 valence electrons. The molecule has 2 fully saturated rings. The number of aromatic nitrogens is 5. The molecule has 6 rings (SSSR count). The van der Waals surface area contributed by atoms with Gasteiger partial charge in [-0.25, -0.2) is 14.5 Å². The maximum atomic E-state index is 13.2. The zero-order valence-corrected chi connectivity index (χ0v) is 24.7. The molecule has 2 aliphatic rings. The Morgan fingerprint density at radius 1 is 1.07 bits per heavy atom. The van der Waals surface area contributed by atoms with Crippen LogP contribution in [-0.4, -0.2) is 85.1 Å². The van der Waals surface area contributed by atoms with Gasteiger partial charge >= 0.3 is 0 Å². The third kappa shape index (κ3) is 4.64. The van der Waals surface area contributed by atoms with Gasteiger partial charge in [0.2, 0.25) is 5.91 Å². The highest BCUT2D eigenvalue weighted by molar-refractivity contribution is 5.90. The molecule has 2 saturated heterocycles. The summed E-state index contributed by atoms with van der Waals surface area (Å²) in [7, 11) is 0. The highest BCUT2D eigenvalue weighted by Crippen LogP contribution is 2.38. The molecule has 0 aliphatic carbocycles. The summed E-state index contributed by atoms with van der Waals surface area (Å²) in [4.78, 5) is 33.4. The average Bonchev–Trinajstić information content (AvgIpc) is 3.69. The maximum Gasteiger partial charge on any atom is 0.224 e. The number of aromatic amines is 1. The topological polar surface area (TPSA) is 85.7 Å². The molecule has 0 aromatic carbocycles. The van der Waals surface area contributed by atoms with Crippen molar-refractivity contribution in [2.75, 3.05) is 37.6 Å². The summed E-state index contributed by atoms with van der Waals surface area (Å²) in [5, 5.41) is 4.41. The zero-order chi connectivity index (χ0) is 28.1. The predicted octanol–water partition coefficient (Wildman–Crippen LogP) is 4.92. The molecule has 4 aromatic rings. The van der Waals surface area contributed by atoms with Crippen LogP contribution in [0, 0.1) is 13.8 Å². The standard InChI is InChI=1S/C31H42N8O/c1-19(2)28-29(24-17-39-31(32-18-33-39)23(6)22(24)5)34-25-9-10-26(35-30(25)28)37-15-21(4)38(16-20(37)3)27(40)11-14-36-12-7-8-13-36/h9-10,17-21,34H,7-8,11-16H2,1-6H3/t20-,21+/m0/s1. The van der Waals surface area contributed by atoms with Crippen molar-refractivity contribution in [3.05, 3.63) is 41.3 Å². The number of carbonyl (C=O) groups excluding carboxylic acids is 1. The summed E-state index contributed by atoms with van der Waals surface area (Å²) in [6.45, 7) is 17.8.